The smallest absolute Gasteiger partial charge is 0.316 e. The largest absolute Gasteiger partial charge is 0.468 e. The van der Waals surface area contributed by atoms with Crippen LogP contribution >= 0.6 is 0 Å². The Hall–Kier alpha value is -3.68. The fourth-order valence-corrected chi connectivity index (χ4v) is 4.39. The number of allylic oxidation sites excluding steroid dienone is 1. The van der Waals surface area contributed by atoms with E-state index in [1.54, 1.807) is 19.1 Å². The van der Waals surface area contributed by atoms with Crippen LogP contribution in [-0.2, 0) is 14.3 Å². The van der Waals surface area contributed by atoms with Crippen LogP contribution in [0.15, 0.2) is 53.7 Å². The summed E-state index contributed by atoms with van der Waals surface area (Å²) in [7, 11) is 1.27. The Labute approximate surface area is 179 Å². The van der Waals surface area contributed by atoms with Crippen LogP contribution in [0.2, 0.25) is 0 Å². The standard InChI is InChI=1S/C23H23N3O5/c1-12-8-9-14(11-18(12)26(29)30)21-20-17(24-15-6-4-5-7-16(15)25-21)10-13(2)19(22(20)27)23(28)31-3/h4-9,11,13,19,21,24-25H,10H2,1-3H3/t13-,19+,21+/m0/s1. The van der Waals surface area contributed by atoms with Crippen LogP contribution < -0.4 is 10.6 Å². The number of nitro groups is 1. The van der Waals surface area contributed by atoms with Gasteiger partial charge in [0.1, 0.15) is 5.92 Å². The van der Waals surface area contributed by atoms with Gasteiger partial charge in [-0.3, -0.25) is 19.7 Å². The average Bonchev–Trinajstić information content (AvgIpc) is 2.90. The molecule has 2 aromatic rings. The van der Waals surface area contributed by atoms with Crippen molar-refractivity contribution in [1.82, 2.24) is 0 Å². The third kappa shape index (κ3) is 3.54. The molecular weight excluding hydrogens is 398 g/mol. The highest BCUT2D eigenvalue weighted by atomic mass is 16.6. The van der Waals surface area contributed by atoms with E-state index in [9.17, 15) is 19.7 Å². The van der Waals surface area contributed by atoms with Crippen molar-refractivity contribution in [2.75, 3.05) is 17.7 Å². The molecular formula is C23H23N3O5. The highest BCUT2D eigenvalue weighted by Crippen LogP contribution is 2.44. The lowest BCUT2D eigenvalue weighted by Gasteiger charge is -2.32. The molecule has 1 aliphatic carbocycles. The molecule has 0 bridgehead atoms. The molecule has 0 unspecified atom stereocenters. The Morgan fingerprint density at radius 3 is 2.58 bits per heavy atom. The highest BCUT2D eigenvalue weighted by molar-refractivity contribution is 6.11. The van der Waals surface area contributed by atoms with Crippen LogP contribution in [0.1, 0.15) is 30.5 Å². The van der Waals surface area contributed by atoms with Gasteiger partial charge in [0.2, 0.25) is 0 Å². The molecule has 0 radical (unpaired) electrons. The highest BCUT2D eigenvalue weighted by Gasteiger charge is 2.44. The van der Waals surface area contributed by atoms with Crippen molar-refractivity contribution >= 4 is 28.8 Å². The van der Waals surface area contributed by atoms with Gasteiger partial charge in [0.15, 0.2) is 5.78 Å². The number of nitro benzene ring substituents is 1. The molecule has 0 saturated carbocycles. The van der Waals surface area contributed by atoms with Gasteiger partial charge in [0.05, 0.1) is 29.4 Å². The molecule has 1 heterocycles. The molecule has 3 atom stereocenters. The van der Waals surface area contributed by atoms with Gasteiger partial charge >= 0.3 is 5.97 Å². The third-order valence-electron chi connectivity index (χ3n) is 5.99. The monoisotopic (exact) mass is 421 g/mol. The third-order valence-corrected chi connectivity index (χ3v) is 5.99. The van der Waals surface area contributed by atoms with Crippen LogP contribution in [0.4, 0.5) is 17.1 Å². The zero-order valence-electron chi connectivity index (χ0n) is 17.5. The summed E-state index contributed by atoms with van der Waals surface area (Å²) >= 11 is 0. The van der Waals surface area contributed by atoms with Crippen molar-refractivity contribution < 1.29 is 19.2 Å². The van der Waals surface area contributed by atoms with E-state index in [0.29, 0.717) is 28.8 Å². The summed E-state index contributed by atoms with van der Waals surface area (Å²) in [4.78, 5) is 37.1. The number of ether oxygens (including phenoxy) is 1. The number of carbonyl (C=O) groups excluding carboxylic acids is 2. The number of ketones is 1. The summed E-state index contributed by atoms with van der Waals surface area (Å²) < 4.78 is 4.90. The van der Waals surface area contributed by atoms with Crippen LogP contribution in [0, 0.1) is 28.9 Å². The maximum Gasteiger partial charge on any atom is 0.316 e. The number of benzene rings is 2. The van der Waals surface area contributed by atoms with Gasteiger partial charge in [-0.15, -0.1) is 0 Å². The zero-order chi connectivity index (χ0) is 22.3. The zero-order valence-corrected chi connectivity index (χ0v) is 17.5. The molecule has 31 heavy (non-hydrogen) atoms. The lowest BCUT2D eigenvalue weighted by atomic mass is 9.74. The molecule has 160 valence electrons. The van der Waals surface area contributed by atoms with E-state index in [-0.39, 0.29) is 17.4 Å². The Balaban J connectivity index is 1.90. The first-order chi connectivity index (χ1) is 14.8. The van der Waals surface area contributed by atoms with Crippen LogP contribution in [0.25, 0.3) is 0 Å². The summed E-state index contributed by atoms with van der Waals surface area (Å²) in [6.45, 7) is 3.52. The van der Waals surface area contributed by atoms with Crippen LogP contribution in [0.5, 0.6) is 0 Å². The topological polar surface area (TPSA) is 111 Å². The van der Waals surface area contributed by atoms with Crippen molar-refractivity contribution in [2.45, 2.75) is 26.3 Å². The average molecular weight is 421 g/mol. The van der Waals surface area contributed by atoms with Gasteiger partial charge in [-0.2, -0.15) is 0 Å². The van der Waals surface area contributed by atoms with Gasteiger partial charge in [-0.1, -0.05) is 31.2 Å². The quantitative estimate of drug-likeness (QED) is 0.332. The first-order valence-corrected chi connectivity index (χ1v) is 10.0. The number of nitrogens with one attached hydrogen (secondary N) is 2. The predicted molar refractivity (Wildman–Crippen MR) is 116 cm³/mol. The van der Waals surface area contributed by atoms with Crippen LogP contribution in [0.3, 0.4) is 0 Å². The second-order valence-electron chi connectivity index (χ2n) is 7.99. The normalized spacial score (nSPS) is 22.4. The number of para-hydroxylation sites is 2. The van der Waals surface area contributed by atoms with E-state index in [1.807, 2.05) is 31.2 Å². The number of hydrogen-bond donors (Lipinski definition) is 2. The lowest BCUT2D eigenvalue weighted by Crippen LogP contribution is -2.39. The van der Waals surface area contributed by atoms with Gasteiger partial charge in [0.25, 0.3) is 5.69 Å². The molecule has 2 N–H and O–H groups in total. The number of rotatable bonds is 3. The maximum absolute atomic E-state index is 13.6. The maximum atomic E-state index is 13.6. The second-order valence-corrected chi connectivity index (χ2v) is 7.99. The molecule has 0 amide bonds. The van der Waals surface area contributed by atoms with Crippen molar-refractivity contribution in [3.05, 3.63) is 75.0 Å². The number of methoxy groups -OCH3 is 1. The Bertz CT molecular complexity index is 1120. The second kappa shape index (κ2) is 7.86. The predicted octanol–water partition coefficient (Wildman–Crippen LogP) is 4.13. The van der Waals surface area contributed by atoms with E-state index in [4.69, 9.17) is 4.74 Å². The molecule has 2 aliphatic rings. The Kier molecular flexibility index (Phi) is 5.22. The number of Topliss-reactive ketones (excluding diaryl/α,β-unsaturated/α-hetero) is 1. The van der Waals surface area contributed by atoms with Crippen molar-refractivity contribution in [3.8, 4) is 0 Å². The summed E-state index contributed by atoms with van der Waals surface area (Å²) in [5.74, 6) is -2.07. The summed E-state index contributed by atoms with van der Waals surface area (Å²) in [6.07, 6.45) is 0.474. The number of carbonyl (C=O) groups is 2. The van der Waals surface area contributed by atoms with Crippen molar-refractivity contribution in [2.24, 2.45) is 11.8 Å². The lowest BCUT2D eigenvalue weighted by molar-refractivity contribution is -0.385. The summed E-state index contributed by atoms with van der Waals surface area (Å²) in [5.41, 5.74) is 3.77. The summed E-state index contributed by atoms with van der Waals surface area (Å²) in [5, 5.41) is 18.3. The van der Waals surface area contributed by atoms with Crippen molar-refractivity contribution in [3.63, 3.8) is 0 Å². The molecule has 4 rings (SSSR count). The minimum atomic E-state index is -0.920. The molecule has 1 aliphatic heterocycles. The molecule has 0 aromatic heterocycles. The van der Waals surface area contributed by atoms with E-state index in [2.05, 4.69) is 10.6 Å². The Morgan fingerprint density at radius 2 is 1.90 bits per heavy atom. The number of esters is 1. The molecule has 0 fully saturated rings. The fraction of sp³-hybridized carbons (Fsp3) is 0.304. The van der Waals surface area contributed by atoms with Crippen molar-refractivity contribution in [1.29, 1.82) is 0 Å². The minimum Gasteiger partial charge on any atom is -0.468 e. The Morgan fingerprint density at radius 1 is 1.19 bits per heavy atom. The van der Waals surface area contributed by atoms with Gasteiger partial charge in [-0.25, -0.2) is 0 Å². The number of anilines is 2. The molecule has 8 heteroatoms. The minimum absolute atomic E-state index is 0.0203. The number of nitrogens with zero attached hydrogens (tertiary/aromatic N) is 1. The van der Waals surface area contributed by atoms with E-state index in [1.165, 1.54) is 13.2 Å². The first kappa shape index (κ1) is 20.6. The first-order valence-electron chi connectivity index (χ1n) is 10.0. The number of aryl methyl sites for hydroxylation is 1. The van der Waals surface area contributed by atoms with Gasteiger partial charge < -0.3 is 15.4 Å². The SMILES string of the molecule is COC(=O)[C@H]1C(=O)C2=C(C[C@@H]1C)Nc1ccccc1N[C@@H]2c1ccc(C)c([N+](=O)[O-])c1. The van der Waals surface area contributed by atoms with E-state index >= 15 is 0 Å². The van der Waals surface area contributed by atoms with E-state index < -0.39 is 22.9 Å². The molecule has 0 saturated heterocycles. The van der Waals surface area contributed by atoms with Gasteiger partial charge in [-0.05, 0) is 37.0 Å². The molecule has 0 spiro atoms. The summed E-state index contributed by atoms with van der Waals surface area (Å²) in [6, 6.07) is 11.8. The molecule has 8 nitrogen and oxygen atoms in total. The fourth-order valence-electron chi connectivity index (χ4n) is 4.39. The van der Waals surface area contributed by atoms with Crippen LogP contribution in [-0.4, -0.2) is 23.8 Å². The van der Waals surface area contributed by atoms with Gasteiger partial charge in [0, 0.05) is 22.9 Å². The van der Waals surface area contributed by atoms with E-state index in [0.717, 1.165) is 11.4 Å². The number of fused-ring (bicyclic) bond motifs is 1. The number of hydrogen-bond acceptors (Lipinski definition) is 7. The molecule has 2 aromatic carbocycles.